The topological polar surface area (TPSA) is 35.1 Å². The Morgan fingerprint density at radius 3 is 1.76 bits per heavy atom. The number of pyridine rings is 1. The highest BCUT2D eigenvalue weighted by Gasteiger charge is 2.18. The van der Waals surface area contributed by atoms with E-state index in [1.165, 1.54) is 0 Å². The fourth-order valence-electron chi connectivity index (χ4n) is 7.31. The lowest BCUT2D eigenvalue weighted by atomic mass is 9.92. The summed E-state index contributed by atoms with van der Waals surface area (Å²) in [6, 6.07) is 55.1. The molecule has 0 amide bonds. The van der Waals surface area contributed by atoms with Gasteiger partial charge in [-0.1, -0.05) is 133 Å². The van der Waals surface area contributed by atoms with Gasteiger partial charge in [-0.15, -0.1) is 0 Å². The molecule has 0 saturated heterocycles. The van der Waals surface area contributed by atoms with Gasteiger partial charge >= 0.3 is 0 Å². The van der Waals surface area contributed by atoms with Gasteiger partial charge in [0.05, 0.1) is 29.3 Å². The molecule has 0 fully saturated rings. The molecule has 0 unspecified atom stereocenters. The summed E-state index contributed by atoms with van der Waals surface area (Å²) in [6.45, 7) is 0. The third-order valence-electron chi connectivity index (χ3n) is 9.80. The van der Waals surface area contributed by atoms with Gasteiger partial charge in [0.25, 0.3) is 0 Å². The van der Waals surface area contributed by atoms with Crippen LogP contribution < -0.4 is 0 Å². The number of aromatic nitrogens is 4. The van der Waals surface area contributed by atoms with E-state index < -0.39 is 6.04 Å². The van der Waals surface area contributed by atoms with E-state index in [2.05, 4.69) is 63.6 Å². The van der Waals surface area contributed by atoms with Crippen LogP contribution in [0.1, 0.15) is 6.85 Å². The zero-order chi connectivity index (χ0) is 40.2. The molecule has 0 aliphatic heterocycles. The highest BCUT2D eigenvalue weighted by atomic mass is 15.1. The SMILES string of the molecule is [2H]c1c([2H])c([2H])c(-c2cc(-c3cccc(-c4nc5ccccn5c4-c4ccccc4)c3)cc(-c3cccc(-c4nc5ccccc5n4-c4ccccc4)c3)c2)c([2H])c1[2H]. The number of imidazole rings is 2. The number of fused-ring (bicyclic) bond motifs is 2. The third-order valence-corrected chi connectivity index (χ3v) is 9.80. The molecule has 0 N–H and O–H groups in total. The molecule has 0 atom stereocenters. The minimum absolute atomic E-state index is 0.143. The molecule has 0 radical (unpaired) electrons. The van der Waals surface area contributed by atoms with Crippen molar-refractivity contribution in [2.75, 3.05) is 0 Å². The van der Waals surface area contributed by atoms with E-state index in [1.807, 2.05) is 121 Å². The van der Waals surface area contributed by atoms with Crippen LogP contribution in [0.3, 0.4) is 0 Å². The Bertz CT molecular complexity index is 3020. The first kappa shape index (κ1) is 26.5. The Morgan fingerprint density at radius 2 is 1.00 bits per heavy atom. The van der Waals surface area contributed by atoms with E-state index in [1.54, 1.807) is 0 Å². The van der Waals surface area contributed by atoms with E-state index in [0.717, 1.165) is 78.5 Å². The highest BCUT2D eigenvalue weighted by molar-refractivity contribution is 5.88. The average Bonchev–Trinajstić information content (AvgIpc) is 3.88. The molecule has 0 saturated carbocycles. The van der Waals surface area contributed by atoms with Gasteiger partial charge in [0, 0.05) is 28.6 Å². The molecule has 0 aliphatic carbocycles. The third kappa shape index (κ3) is 5.67. The molecule has 254 valence electrons. The number of hydrogen-bond acceptors (Lipinski definition) is 2. The monoisotopic (exact) mass is 695 g/mol. The summed E-state index contributed by atoms with van der Waals surface area (Å²) in [6.07, 6.45) is 2.02. The van der Waals surface area contributed by atoms with Gasteiger partial charge in [-0.25, -0.2) is 9.97 Å². The first-order valence-corrected chi connectivity index (χ1v) is 17.8. The van der Waals surface area contributed by atoms with Gasteiger partial charge in [-0.2, -0.15) is 0 Å². The van der Waals surface area contributed by atoms with Crippen molar-refractivity contribution < 1.29 is 6.85 Å². The molecular weight excluding hydrogens is 657 g/mol. The van der Waals surface area contributed by atoms with Crippen LogP contribution in [0.2, 0.25) is 0 Å². The van der Waals surface area contributed by atoms with Crippen LogP contribution in [0.25, 0.3) is 89.7 Å². The molecule has 4 nitrogen and oxygen atoms in total. The summed E-state index contributed by atoms with van der Waals surface area (Å²) in [4.78, 5) is 10.2. The molecule has 3 aromatic heterocycles. The zero-order valence-electron chi connectivity index (χ0n) is 34.0. The van der Waals surface area contributed by atoms with Crippen LogP contribution in [-0.4, -0.2) is 18.9 Å². The quantitative estimate of drug-likeness (QED) is 0.166. The van der Waals surface area contributed by atoms with Crippen LogP contribution in [0.4, 0.5) is 0 Å². The summed E-state index contributed by atoms with van der Waals surface area (Å²) in [7, 11) is 0. The van der Waals surface area contributed by atoms with Gasteiger partial charge in [-0.3, -0.25) is 8.97 Å². The summed E-state index contributed by atoms with van der Waals surface area (Å²) >= 11 is 0. The van der Waals surface area contributed by atoms with Gasteiger partial charge in [0.2, 0.25) is 0 Å². The standard InChI is InChI=1S/C50H34N4/c1-4-16-35(17-5-1)41-32-42(37-20-14-22-39(30-37)48-49(36-18-6-2-7-19-36)53-29-13-12-28-47(53)52-48)34-43(33-41)38-21-15-23-40(31-38)50-51-45-26-10-11-27-46(45)54(50)44-24-8-3-9-25-44/h1-34H/i1D,4D,5D,16D,17D. The predicted octanol–water partition coefficient (Wildman–Crippen LogP) is 12.7. The van der Waals surface area contributed by atoms with Crippen molar-refractivity contribution >= 4 is 16.7 Å². The fourth-order valence-corrected chi connectivity index (χ4v) is 7.31. The largest absolute Gasteiger partial charge is 0.299 e. The number of para-hydroxylation sites is 3. The van der Waals surface area contributed by atoms with Gasteiger partial charge in [-0.05, 0) is 100 Å². The average molecular weight is 696 g/mol. The van der Waals surface area contributed by atoms with Crippen molar-refractivity contribution in [3.8, 4) is 73.0 Å². The Morgan fingerprint density at radius 1 is 0.426 bits per heavy atom. The Balaban J connectivity index is 1.17. The maximum Gasteiger partial charge on any atom is 0.145 e. The molecule has 10 aromatic rings. The van der Waals surface area contributed by atoms with Gasteiger partial charge in [0.15, 0.2) is 0 Å². The van der Waals surface area contributed by atoms with E-state index in [-0.39, 0.29) is 29.7 Å². The fraction of sp³-hybridized carbons (Fsp3) is 0. The second kappa shape index (κ2) is 13.4. The maximum absolute atomic E-state index is 8.94. The number of nitrogens with zero attached hydrogens (tertiary/aromatic N) is 4. The minimum atomic E-state index is -0.427. The molecular formula is C50H34N4. The molecule has 0 aliphatic rings. The minimum Gasteiger partial charge on any atom is -0.299 e. The molecule has 3 heterocycles. The second-order valence-corrected chi connectivity index (χ2v) is 13.2. The van der Waals surface area contributed by atoms with Crippen LogP contribution in [0.15, 0.2) is 206 Å². The van der Waals surface area contributed by atoms with Gasteiger partial charge < -0.3 is 0 Å². The van der Waals surface area contributed by atoms with E-state index >= 15 is 0 Å². The molecule has 7 aromatic carbocycles. The van der Waals surface area contributed by atoms with Crippen LogP contribution in [0, 0.1) is 0 Å². The molecule has 10 rings (SSSR count). The Kier molecular flexibility index (Phi) is 6.54. The molecule has 54 heavy (non-hydrogen) atoms. The Hall–Kier alpha value is -7.30. The Labute approximate surface area is 321 Å². The summed E-state index contributed by atoms with van der Waals surface area (Å²) in [5, 5.41) is 0. The van der Waals surface area contributed by atoms with Crippen molar-refractivity contribution in [2.24, 2.45) is 0 Å². The summed E-state index contributed by atoms with van der Waals surface area (Å²) in [5.41, 5.74) is 12.4. The molecule has 0 bridgehead atoms. The molecule has 4 heteroatoms. The van der Waals surface area contributed by atoms with Crippen molar-refractivity contribution in [2.45, 2.75) is 0 Å². The van der Waals surface area contributed by atoms with Crippen molar-refractivity contribution in [3.05, 3.63) is 206 Å². The second-order valence-electron chi connectivity index (χ2n) is 13.2. The maximum atomic E-state index is 8.94. The zero-order valence-corrected chi connectivity index (χ0v) is 29.0. The van der Waals surface area contributed by atoms with Crippen LogP contribution in [-0.2, 0) is 0 Å². The lowest BCUT2D eigenvalue weighted by molar-refractivity contribution is 1.10. The summed E-state index contributed by atoms with van der Waals surface area (Å²) in [5.74, 6) is 0.788. The first-order valence-electron chi connectivity index (χ1n) is 20.3. The van der Waals surface area contributed by atoms with Crippen molar-refractivity contribution in [1.29, 1.82) is 0 Å². The number of benzene rings is 7. The van der Waals surface area contributed by atoms with Crippen molar-refractivity contribution in [3.63, 3.8) is 0 Å². The highest BCUT2D eigenvalue weighted by Crippen LogP contribution is 2.38. The first-order chi connectivity index (χ1) is 28.8. The number of hydrogen-bond donors (Lipinski definition) is 0. The lowest BCUT2D eigenvalue weighted by Gasteiger charge is -2.14. The van der Waals surface area contributed by atoms with Crippen molar-refractivity contribution in [1.82, 2.24) is 18.9 Å². The lowest BCUT2D eigenvalue weighted by Crippen LogP contribution is -1.97. The van der Waals surface area contributed by atoms with E-state index in [0.29, 0.717) is 5.56 Å². The smallest absolute Gasteiger partial charge is 0.145 e. The number of rotatable bonds is 7. The predicted molar refractivity (Wildman–Crippen MR) is 222 cm³/mol. The van der Waals surface area contributed by atoms with Gasteiger partial charge in [0.1, 0.15) is 11.5 Å². The van der Waals surface area contributed by atoms with E-state index in [4.69, 9.17) is 16.8 Å². The summed E-state index contributed by atoms with van der Waals surface area (Å²) < 4.78 is 47.5. The van der Waals surface area contributed by atoms with Crippen LogP contribution >= 0.6 is 0 Å². The van der Waals surface area contributed by atoms with E-state index in [9.17, 15) is 0 Å². The van der Waals surface area contributed by atoms with Crippen LogP contribution in [0.5, 0.6) is 0 Å². The normalized spacial score (nSPS) is 12.6. The molecule has 0 spiro atoms.